The average molecular weight is 193 g/mol. The van der Waals surface area contributed by atoms with Crippen molar-refractivity contribution < 1.29 is 4.74 Å². The monoisotopic (exact) mass is 193 g/mol. The number of hydrogen-bond acceptors (Lipinski definition) is 4. The van der Waals surface area contributed by atoms with E-state index in [4.69, 9.17) is 10.5 Å². The summed E-state index contributed by atoms with van der Waals surface area (Å²) in [5, 5.41) is 0. The zero-order chi connectivity index (χ0) is 9.97. The topological polar surface area (TPSA) is 51.4 Å². The molecule has 4 nitrogen and oxygen atoms in total. The third-order valence-corrected chi connectivity index (χ3v) is 2.41. The van der Waals surface area contributed by atoms with E-state index in [-0.39, 0.29) is 6.10 Å². The van der Waals surface area contributed by atoms with Gasteiger partial charge in [-0.25, -0.2) is 0 Å². The van der Waals surface area contributed by atoms with Gasteiger partial charge in [0.2, 0.25) is 0 Å². The molecule has 1 unspecified atom stereocenters. The second kappa shape index (κ2) is 3.84. The van der Waals surface area contributed by atoms with E-state index in [0.29, 0.717) is 0 Å². The van der Waals surface area contributed by atoms with Gasteiger partial charge in [-0.05, 0) is 13.0 Å². The Morgan fingerprint density at radius 1 is 1.64 bits per heavy atom. The van der Waals surface area contributed by atoms with Crippen LogP contribution in [0.15, 0.2) is 18.5 Å². The molecule has 0 spiro atoms. The Balaban J connectivity index is 2.18. The van der Waals surface area contributed by atoms with Crippen molar-refractivity contribution in [2.75, 3.05) is 30.3 Å². The van der Waals surface area contributed by atoms with Crippen LogP contribution >= 0.6 is 0 Å². The van der Waals surface area contributed by atoms with Gasteiger partial charge >= 0.3 is 0 Å². The van der Waals surface area contributed by atoms with Crippen LogP contribution in [0, 0.1) is 0 Å². The Morgan fingerprint density at radius 2 is 2.50 bits per heavy atom. The Labute approximate surface area is 83.7 Å². The Morgan fingerprint density at radius 3 is 3.21 bits per heavy atom. The molecule has 1 aromatic rings. The van der Waals surface area contributed by atoms with Gasteiger partial charge in [-0.1, -0.05) is 0 Å². The number of nitrogens with two attached hydrogens (primary N) is 1. The fraction of sp³-hybridized carbons (Fsp3) is 0.500. The van der Waals surface area contributed by atoms with Crippen LogP contribution < -0.4 is 10.6 Å². The predicted octanol–water partition coefficient (Wildman–Crippen LogP) is 0.889. The summed E-state index contributed by atoms with van der Waals surface area (Å²) >= 11 is 0. The van der Waals surface area contributed by atoms with Crippen molar-refractivity contribution in [1.82, 2.24) is 4.98 Å². The molecule has 1 aliphatic heterocycles. The SMILES string of the molecule is CC1CN(c2ccncc2N)CCO1. The van der Waals surface area contributed by atoms with Crippen LogP contribution in [0.4, 0.5) is 11.4 Å². The van der Waals surface area contributed by atoms with Gasteiger partial charge in [0.15, 0.2) is 0 Å². The van der Waals surface area contributed by atoms with E-state index >= 15 is 0 Å². The summed E-state index contributed by atoms with van der Waals surface area (Å²) < 4.78 is 5.47. The van der Waals surface area contributed by atoms with Crippen molar-refractivity contribution in [2.24, 2.45) is 0 Å². The van der Waals surface area contributed by atoms with Crippen molar-refractivity contribution in [3.63, 3.8) is 0 Å². The first-order valence-corrected chi connectivity index (χ1v) is 4.83. The molecule has 1 saturated heterocycles. The van der Waals surface area contributed by atoms with Crippen LogP contribution in [0.3, 0.4) is 0 Å². The molecule has 1 atom stereocenters. The highest BCUT2D eigenvalue weighted by molar-refractivity contribution is 5.66. The largest absolute Gasteiger partial charge is 0.396 e. The number of anilines is 2. The number of nitrogen functional groups attached to an aromatic ring is 1. The lowest BCUT2D eigenvalue weighted by Gasteiger charge is -2.33. The molecular weight excluding hydrogens is 178 g/mol. The summed E-state index contributed by atoms with van der Waals surface area (Å²) in [6.07, 6.45) is 3.73. The highest BCUT2D eigenvalue weighted by Crippen LogP contribution is 2.23. The minimum Gasteiger partial charge on any atom is -0.396 e. The van der Waals surface area contributed by atoms with Gasteiger partial charge in [0.25, 0.3) is 0 Å². The molecule has 1 fully saturated rings. The summed E-state index contributed by atoms with van der Waals surface area (Å²) in [4.78, 5) is 6.22. The highest BCUT2D eigenvalue weighted by atomic mass is 16.5. The second-order valence-corrected chi connectivity index (χ2v) is 3.56. The summed E-state index contributed by atoms with van der Waals surface area (Å²) in [6, 6.07) is 1.95. The molecule has 0 radical (unpaired) electrons. The number of rotatable bonds is 1. The second-order valence-electron chi connectivity index (χ2n) is 3.56. The first-order valence-electron chi connectivity index (χ1n) is 4.83. The molecule has 0 amide bonds. The maximum absolute atomic E-state index is 5.85. The summed E-state index contributed by atoms with van der Waals surface area (Å²) in [5.74, 6) is 0. The third kappa shape index (κ3) is 1.80. The molecule has 2 heterocycles. The predicted molar refractivity (Wildman–Crippen MR) is 56.3 cm³/mol. The lowest BCUT2D eigenvalue weighted by molar-refractivity contribution is 0.0533. The zero-order valence-corrected chi connectivity index (χ0v) is 8.31. The van der Waals surface area contributed by atoms with Crippen LogP contribution in [0.2, 0.25) is 0 Å². The minimum absolute atomic E-state index is 0.274. The average Bonchev–Trinajstić information content (AvgIpc) is 2.18. The molecule has 0 bridgehead atoms. The fourth-order valence-corrected chi connectivity index (χ4v) is 1.72. The fourth-order valence-electron chi connectivity index (χ4n) is 1.72. The van der Waals surface area contributed by atoms with Gasteiger partial charge in [-0.3, -0.25) is 4.98 Å². The number of hydrogen-bond donors (Lipinski definition) is 1. The first-order chi connectivity index (χ1) is 6.77. The van der Waals surface area contributed by atoms with Crippen molar-refractivity contribution in [1.29, 1.82) is 0 Å². The molecule has 0 saturated carbocycles. The smallest absolute Gasteiger partial charge is 0.0738 e. The van der Waals surface area contributed by atoms with Crippen molar-refractivity contribution in [3.05, 3.63) is 18.5 Å². The van der Waals surface area contributed by atoms with E-state index in [1.165, 1.54) is 0 Å². The van der Waals surface area contributed by atoms with Gasteiger partial charge in [-0.2, -0.15) is 0 Å². The minimum atomic E-state index is 0.274. The standard InChI is InChI=1S/C10H15N3O/c1-8-7-13(4-5-14-8)10-2-3-12-6-9(10)11/h2-3,6,8H,4-5,7,11H2,1H3. The van der Waals surface area contributed by atoms with Gasteiger partial charge in [-0.15, -0.1) is 0 Å². The molecule has 4 heteroatoms. The Bertz CT molecular complexity index is 316. The maximum Gasteiger partial charge on any atom is 0.0738 e. The molecular formula is C10H15N3O. The van der Waals surface area contributed by atoms with E-state index in [9.17, 15) is 0 Å². The van der Waals surface area contributed by atoms with E-state index in [1.54, 1.807) is 12.4 Å². The first kappa shape index (κ1) is 9.27. The molecule has 14 heavy (non-hydrogen) atoms. The number of nitrogens with zero attached hydrogens (tertiary/aromatic N) is 2. The van der Waals surface area contributed by atoms with Crippen molar-refractivity contribution >= 4 is 11.4 Å². The van der Waals surface area contributed by atoms with E-state index in [0.717, 1.165) is 31.1 Å². The maximum atomic E-state index is 5.85. The van der Waals surface area contributed by atoms with Gasteiger partial charge in [0.05, 0.1) is 30.3 Å². The van der Waals surface area contributed by atoms with Crippen LogP contribution in [0.1, 0.15) is 6.92 Å². The normalized spacial score (nSPS) is 22.4. The summed E-state index contributed by atoms with van der Waals surface area (Å²) in [6.45, 7) is 4.64. The molecule has 2 N–H and O–H groups in total. The molecule has 0 aliphatic carbocycles. The summed E-state index contributed by atoms with van der Waals surface area (Å²) in [7, 11) is 0. The molecule has 2 rings (SSSR count). The highest BCUT2D eigenvalue weighted by Gasteiger charge is 2.18. The lowest BCUT2D eigenvalue weighted by Crippen LogP contribution is -2.41. The molecule has 1 aromatic heterocycles. The van der Waals surface area contributed by atoms with Crippen LogP contribution in [-0.4, -0.2) is 30.8 Å². The van der Waals surface area contributed by atoms with Gasteiger partial charge in [0, 0.05) is 19.3 Å². The Kier molecular flexibility index (Phi) is 2.54. The van der Waals surface area contributed by atoms with E-state index < -0.39 is 0 Å². The molecule has 0 aromatic carbocycles. The quantitative estimate of drug-likeness (QED) is 0.719. The van der Waals surface area contributed by atoms with Gasteiger partial charge < -0.3 is 15.4 Å². The van der Waals surface area contributed by atoms with Crippen molar-refractivity contribution in [3.8, 4) is 0 Å². The number of pyridine rings is 1. The lowest BCUT2D eigenvalue weighted by atomic mass is 10.2. The third-order valence-electron chi connectivity index (χ3n) is 2.41. The molecule has 1 aliphatic rings. The number of ether oxygens (including phenoxy) is 1. The number of morpholine rings is 1. The van der Waals surface area contributed by atoms with Crippen LogP contribution in [0.5, 0.6) is 0 Å². The van der Waals surface area contributed by atoms with Gasteiger partial charge in [0.1, 0.15) is 0 Å². The van der Waals surface area contributed by atoms with Crippen LogP contribution in [-0.2, 0) is 4.74 Å². The van der Waals surface area contributed by atoms with Crippen LogP contribution in [0.25, 0.3) is 0 Å². The van der Waals surface area contributed by atoms with E-state index in [2.05, 4.69) is 16.8 Å². The Hall–Kier alpha value is -1.29. The number of aromatic nitrogens is 1. The van der Waals surface area contributed by atoms with E-state index in [1.807, 2.05) is 6.07 Å². The summed E-state index contributed by atoms with van der Waals surface area (Å²) in [5.41, 5.74) is 7.65. The van der Waals surface area contributed by atoms with Crippen molar-refractivity contribution in [2.45, 2.75) is 13.0 Å². The zero-order valence-electron chi connectivity index (χ0n) is 8.31. The molecule has 76 valence electrons.